The van der Waals surface area contributed by atoms with Crippen molar-refractivity contribution >= 4 is 0 Å². The molecular weight excluding hydrogens is 180 g/mol. The predicted octanol–water partition coefficient (Wildman–Crippen LogP) is 1.87. The van der Waals surface area contributed by atoms with Gasteiger partial charge >= 0.3 is 0 Å². The zero-order chi connectivity index (χ0) is 9.80. The molecule has 0 atom stereocenters. The average molecular weight is 192 g/mol. The first-order chi connectivity index (χ1) is 6.86. The van der Waals surface area contributed by atoms with Gasteiger partial charge in [0.05, 0.1) is 25.0 Å². The van der Waals surface area contributed by atoms with Gasteiger partial charge < -0.3 is 14.2 Å². The lowest BCUT2D eigenvalue weighted by molar-refractivity contribution is 0.448. The van der Waals surface area contributed by atoms with Gasteiger partial charge in [-0.3, -0.25) is 0 Å². The molecule has 0 aromatic carbocycles. The third-order valence-corrected chi connectivity index (χ3v) is 2.01. The molecule has 1 N–H and O–H groups in total. The molecule has 0 spiro atoms. The summed E-state index contributed by atoms with van der Waals surface area (Å²) in [5.41, 5.74) is 0.928. The van der Waals surface area contributed by atoms with Crippen molar-refractivity contribution in [3.05, 3.63) is 42.0 Å². The first kappa shape index (κ1) is 9.02. The molecule has 2 heterocycles. The van der Waals surface area contributed by atoms with E-state index in [2.05, 4.69) is 10.3 Å². The van der Waals surface area contributed by atoms with Gasteiger partial charge in [0.25, 0.3) is 0 Å². The Bertz CT molecular complexity index is 378. The number of oxazole rings is 1. The smallest absolute Gasteiger partial charge is 0.181 e. The number of hydrogen-bond acceptors (Lipinski definition) is 4. The molecule has 0 bridgehead atoms. The Morgan fingerprint density at radius 3 is 2.93 bits per heavy atom. The van der Waals surface area contributed by atoms with E-state index in [-0.39, 0.29) is 0 Å². The Labute approximate surface area is 81.9 Å². The van der Waals surface area contributed by atoms with Crippen LogP contribution in [-0.2, 0) is 13.1 Å². The molecule has 0 saturated heterocycles. The lowest BCUT2D eigenvalue weighted by Gasteiger charge is -1.99. The van der Waals surface area contributed by atoms with Crippen LogP contribution in [0.4, 0.5) is 0 Å². The van der Waals surface area contributed by atoms with Crippen LogP contribution in [0.25, 0.3) is 0 Å². The highest BCUT2D eigenvalue weighted by atomic mass is 16.3. The summed E-state index contributed by atoms with van der Waals surface area (Å²) in [4.78, 5) is 4.00. The van der Waals surface area contributed by atoms with E-state index in [1.165, 1.54) is 6.39 Å². The molecule has 0 saturated carbocycles. The van der Waals surface area contributed by atoms with E-state index < -0.39 is 0 Å². The highest BCUT2D eigenvalue weighted by molar-refractivity contribution is 5.04. The van der Waals surface area contributed by atoms with Gasteiger partial charge in [0, 0.05) is 0 Å². The van der Waals surface area contributed by atoms with Crippen molar-refractivity contribution in [3.63, 3.8) is 0 Å². The van der Waals surface area contributed by atoms with Crippen LogP contribution in [-0.4, -0.2) is 4.98 Å². The second-order valence-corrected chi connectivity index (χ2v) is 3.04. The van der Waals surface area contributed by atoms with Crippen LogP contribution in [0.2, 0.25) is 0 Å². The summed E-state index contributed by atoms with van der Waals surface area (Å²) in [6.45, 7) is 3.30. The second-order valence-electron chi connectivity index (χ2n) is 3.04. The highest BCUT2D eigenvalue weighted by Gasteiger charge is 2.02. The first-order valence-electron chi connectivity index (χ1n) is 4.48. The zero-order valence-corrected chi connectivity index (χ0v) is 7.99. The summed E-state index contributed by atoms with van der Waals surface area (Å²) < 4.78 is 10.4. The summed E-state index contributed by atoms with van der Waals surface area (Å²) in [6, 6.07) is 3.80. The minimum atomic E-state index is 0.673. The van der Waals surface area contributed by atoms with E-state index in [0.29, 0.717) is 13.1 Å². The van der Waals surface area contributed by atoms with Gasteiger partial charge in [-0.05, 0) is 19.1 Å². The quantitative estimate of drug-likeness (QED) is 0.803. The molecule has 2 aromatic rings. The van der Waals surface area contributed by atoms with Crippen LogP contribution in [0.5, 0.6) is 0 Å². The van der Waals surface area contributed by atoms with Crippen molar-refractivity contribution in [2.45, 2.75) is 20.0 Å². The molecule has 4 nitrogen and oxygen atoms in total. The normalized spacial score (nSPS) is 10.6. The third kappa shape index (κ3) is 2.03. The van der Waals surface area contributed by atoms with Crippen molar-refractivity contribution in [1.29, 1.82) is 0 Å². The zero-order valence-electron chi connectivity index (χ0n) is 7.99. The number of aryl methyl sites for hydroxylation is 1. The van der Waals surface area contributed by atoms with Crippen molar-refractivity contribution in [1.82, 2.24) is 10.3 Å². The summed E-state index contributed by atoms with van der Waals surface area (Å²) in [7, 11) is 0. The topological polar surface area (TPSA) is 51.2 Å². The van der Waals surface area contributed by atoms with Gasteiger partial charge in [0.2, 0.25) is 0 Å². The minimum Gasteiger partial charge on any atom is -0.468 e. The van der Waals surface area contributed by atoms with E-state index in [0.717, 1.165) is 17.2 Å². The van der Waals surface area contributed by atoms with Crippen LogP contribution < -0.4 is 5.32 Å². The average Bonchev–Trinajstić information content (AvgIpc) is 2.78. The van der Waals surface area contributed by atoms with Gasteiger partial charge in [-0.15, -0.1) is 0 Å². The number of nitrogens with one attached hydrogen (secondary N) is 1. The number of aromatic nitrogens is 1. The molecule has 0 fully saturated rings. The minimum absolute atomic E-state index is 0.673. The molecule has 0 amide bonds. The van der Waals surface area contributed by atoms with Gasteiger partial charge in [-0.1, -0.05) is 0 Å². The fourth-order valence-corrected chi connectivity index (χ4v) is 1.21. The monoisotopic (exact) mass is 192 g/mol. The largest absolute Gasteiger partial charge is 0.468 e. The van der Waals surface area contributed by atoms with E-state index in [1.54, 1.807) is 6.26 Å². The van der Waals surface area contributed by atoms with Crippen LogP contribution in [0, 0.1) is 6.92 Å². The van der Waals surface area contributed by atoms with Crippen molar-refractivity contribution < 1.29 is 8.83 Å². The van der Waals surface area contributed by atoms with Crippen LogP contribution in [0.3, 0.4) is 0 Å². The van der Waals surface area contributed by atoms with E-state index in [4.69, 9.17) is 8.83 Å². The van der Waals surface area contributed by atoms with Crippen molar-refractivity contribution in [2.24, 2.45) is 0 Å². The fraction of sp³-hybridized carbons (Fsp3) is 0.300. The number of hydrogen-bond donors (Lipinski definition) is 1. The van der Waals surface area contributed by atoms with Crippen molar-refractivity contribution in [3.8, 4) is 0 Å². The molecule has 0 aliphatic rings. The molecule has 0 aliphatic carbocycles. The second kappa shape index (κ2) is 4.11. The molecule has 4 heteroatoms. The summed E-state index contributed by atoms with van der Waals surface area (Å²) >= 11 is 0. The van der Waals surface area contributed by atoms with Crippen molar-refractivity contribution in [2.75, 3.05) is 0 Å². The first-order valence-corrected chi connectivity index (χ1v) is 4.48. The molecule has 2 rings (SSSR count). The maximum absolute atomic E-state index is 5.18. The van der Waals surface area contributed by atoms with Gasteiger partial charge in [0.15, 0.2) is 6.39 Å². The molecule has 2 aromatic heterocycles. The lowest BCUT2D eigenvalue weighted by atomic mass is 10.3. The maximum atomic E-state index is 5.18. The van der Waals surface area contributed by atoms with Gasteiger partial charge in [-0.25, -0.2) is 4.98 Å². The third-order valence-electron chi connectivity index (χ3n) is 2.01. The van der Waals surface area contributed by atoms with Crippen LogP contribution >= 0.6 is 0 Å². The Morgan fingerprint density at radius 1 is 1.36 bits per heavy atom. The molecule has 14 heavy (non-hydrogen) atoms. The summed E-state index contributed by atoms with van der Waals surface area (Å²) in [6.07, 6.45) is 3.12. The number of nitrogens with zero attached hydrogens (tertiary/aromatic N) is 1. The molecule has 0 unspecified atom stereocenters. The van der Waals surface area contributed by atoms with E-state index >= 15 is 0 Å². The standard InChI is InChI=1S/C10H12N2O2/c1-8-10(14-7-12-8)6-11-5-9-3-2-4-13-9/h2-4,7,11H,5-6H2,1H3. The number of rotatable bonds is 4. The Kier molecular flexibility index (Phi) is 2.65. The molecule has 0 radical (unpaired) electrons. The Hall–Kier alpha value is -1.55. The fourth-order valence-electron chi connectivity index (χ4n) is 1.21. The van der Waals surface area contributed by atoms with Crippen LogP contribution in [0.1, 0.15) is 17.2 Å². The van der Waals surface area contributed by atoms with Gasteiger partial charge in [-0.2, -0.15) is 0 Å². The molecule has 74 valence electrons. The molecule has 0 aliphatic heterocycles. The summed E-state index contributed by atoms with van der Waals surface area (Å²) in [5, 5.41) is 3.20. The maximum Gasteiger partial charge on any atom is 0.181 e. The number of furan rings is 1. The molecular formula is C10H12N2O2. The Morgan fingerprint density at radius 2 is 2.29 bits per heavy atom. The highest BCUT2D eigenvalue weighted by Crippen LogP contribution is 2.05. The summed E-state index contributed by atoms with van der Waals surface area (Å²) in [5.74, 6) is 1.79. The SMILES string of the molecule is Cc1ncoc1CNCc1ccco1. The van der Waals surface area contributed by atoms with Gasteiger partial charge in [0.1, 0.15) is 11.5 Å². The van der Waals surface area contributed by atoms with Crippen LogP contribution in [0.15, 0.2) is 33.6 Å². The predicted molar refractivity (Wildman–Crippen MR) is 50.5 cm³/mol. The van der Waals surface area contributed by atoms with E-state index in [1.807, 2.05) is 19.1 Å². The Balaban J connectivity index is 1.81. The lowest BCUT2D eigenvalue weighted by Crippen LogP contribution is -2.12. The van der Waals surface area contributed by atoms with E-state index in [9.17, 15) is 0 Å².